The van der Waals surface area contributed by atoms with Crippen LogP contribution in [-0.2, 0) is 14.3 Å². The first-order valence-corrected chi connectivity index (χ1v) is 5.45. The van der Waals surface area contributed by atoms with Crippen LogP contribution in [0.1, 0.15) is 27.2 Å². The molecule has 1 heterocycles. The molecule has 0 aromatic carbocycles. The van der Waals surface area contributed by atoms with Crippen molar-refractivity contribution in [2.75, 3.05) is 19.8 Å². The van der Waals surface area contributed by atoms with Gasteiger partial charge in [0.25, 0.3) is 0 Å². The average molecular weight is 213 g/mol. The number of nitrogens with one attached hydrogen (secondary N) is 1. The highest BCUT2D eigenvalue weighted by molar-refractivity contribution is 5.89. The Kier molecular flexibility index (Phi) is 4.46. The zero-order valence-corrected chi connectivity index (χ0v) is 9.63. The van der Waals surface area contributed by atoms with Gasteiger partial charge in [-0.05, 0) is 26.2 Å². The third-order valence-corrected chi connectivity index (χ3v) is 2.25. The lowest BCUT2D eigenvalue weighted by atomic mass is 9.98. The maximum absolute atomic E-state index is 11.6. The van der Waals surface area contributed by atoms with Crippen molar-refractivity contribution < 1.29 is 14.3 Å². The van der Waals surface area contributed by atoms with Crippen LogP contribution >= 0.6 is 0 Å². The van der Waals surface area contributed by atoms with Gasteiger partial charge in [-0.1, -0.05) is 6.92 Å². The van der Waals surface area contributed by atoms with Crippen molar-refractivity contribution in [2.24, 2.45) is 5.92 Å². The van der Waals surface area contributed by atoms with E-state index in [0.29, 0.717) is 30.6 Å². The molecule has 0 saturated carbocycles. The normalized spacial score (nSPS) is 20.9. The van der Waals surface area contributed by atoms with E-state index in [4.69, 9.17) is 9.47 Å². The van der Waals surface area contributed by atoms with E-state index in [2.05, 4.69) is 12.2 Å². The van der Waals surface area contributed by atoms with Gasteiger partial charge < -0.3 is 14.8 Å². The van der Waals surface area contributed by atoms with Crippen LogP contribution < -0.4 is 5.32 Å². The van der Waals surface area contributed by atoms with Crippen LogP contribution in [0.15, 0.2) is 11.5 Å². The van der Waals surface area contributed by atoms with Crippen LogP contribution in [0.4, 0.5) is 0 Å². The van der Waals surface area contributed by atoms with Crippen LogP contribution in [0.2, 0.25) is 0 Å². The Labute approximate surface area is 90.6 Å². The molecule has 4 nitrogen and oxygen atoms in total. The molecule has 0 spiro atoms. The van der Waals surface area contributed by atoms with Crippen molar-refractivity contribution in [3.05, 3.63) is 11.5 Å². The highest BCUT2D eigenvalue weighted by Gasteiger charge is 2.24. The van der Waals surface area contributed by atoms with E-state index in [1.807, 2.05) is 6.92 Å². The summed E-state index contributed by atoms with van der Waals surface area (Å²) in [7, 11) is 0. The van der Waals surface area contributed by atoms with Crippen molar-refractivity contribution in [3.63, 3.8) is 0 Å². The summed E-state index contributed by atoms with van der Waals surface area (Å²) in [5.41, 5.74) is 0.637. The van der Waals surface area contributed by atoms with Crippen molar-refractivity contribution in [3.8, 4) is 0 Å². The van der Waals surface area contributed by atoms with Gasteiger partial charge in [-0.15, -0.1) is 0 Å². The molecule has 0 aromatic heterocycles. The summed E-state index contributed by atoms with van der Waals surface area (Å²) in [6, 6.07) is 0. The fourth-order valence-electron chi connectivity index (χ4n) is 1.56. The SMILES string of the molecule is CCOC(=O)C1=C(OCC)NCC(C)C1. The minimum absolute atomic E-state index is 0.264. The number of ether oxygens (including phenoxy) is 2. The van der Waals surface area contributed by atoms with Gasteiger partial charge >= 0.3 is 5.97 Å². The summed E-state index contributed by atoms with van der Waals surface area (Å²) < 4.78 is 10.4. The molecule has 0 saturated heterocycles. The molecule has 1 aliphatic heterocycles. The van der Waals surface area contributed by atoms with E-state index >= 15 is 0 Å². The highest BCUT2D eigenvalue weighted by atomic mass is 16.5. The number of hydrogen-bond donors (Lipinski definition) is 1. The molecule has 0 radical (unpaired) electrons. The van der Waals surface area contributed by atoms with Gasteiger partial charge in [-0.3, -0.25) is 0 Å². The van der Waals surface area contributed by atoms with Gasteiger partial charge in [-0.25, -0.2) is 4.79 Å². The number of carbonyl (C=O) groups excluding carboxylic acids is 1. The van der Waals surface area contributed by atoms with Crippen molar-refractivity contribution in [1.82, 2.24) is 5.32 Å². The number of rotatable bonds is 4. The smallest absolute Gasteiger partial charge is 0.339 e. The quantitative estimate of drug-likeness (QED) is 0.718. The molecule has 1 N–H and O–H groups in total. The Hall–Kier alpha value is -1.19. The molecule has 0 amide bonds. The topological polar surface area (TPSA) is 47.6 Å². The van der Waals surface area contributed by atoms with Gasteiger partial charge in [0.1, 0.15) is 0 Å². The predicted molar refractivity (Wildman–Crippen MR) is 57.1 cm³/mol. The molecule has 0 fully saturated rings. The summed E-state index contributed by atoms with van der Waals surface area (Å²) >= 11 is 0. The monoisotopic (exact) mass is 213 g/mol. The largest absolute Gasteiger partial charge is 0.479 e. The Morgan fingerprint density at radius 1 is 1.47 bits per heavy atom. The van der Waals surface area contributed by atoms with E-state index in [-0.39, 0.29) is 5.97 Å². The second-order valence-electron chi connectivity index (χ2n) is 3.65. The first-order valence-electron chi connectivity index (χ1n) is 5.45. The van der Waals surface area contributed by atoms with Crippen molar-refractivity contribution in [1.29, 1.82) is 0 Å². The van der Waals surface area contributed by atoms with Gasteiger partial charge in [0.2, 0.25) is 0 Å². The molecule has 0 bridgehead atoms. The molecule has 0 aromatic rings. The number of carbonyl (C=O) groups is 1. The molecule has 1 unspecified atom stereocenters. The minimum atomic E-state index is -0.264. The van der Waals surface area contributed by atoms with Crippen LogP contribution in [-0.4, -0.2) is 25.7 Å². The highest BCUT2D eigenvalue weighted by Crippen LogP contribution is 2.21. The lowest BCUT2D eigenvalue weighted by molar-refractivity contribution is -0.139. The van der Waals surface area contributed by atoms with E-state index in [0.717, 1.165) is 13.0 Å². The summed E-state index contributed by atoms with van der Waals surface area (Å²) in [5, 5.41) is 3.12. The van der Waals surface area contributed by atoms with Crippen LogP contribution in [0, 0.1) is 5.92 Å². The lowest BCUT2D eigenvalue weighted by Crippen LogP contribution is -2.32. The summed E-state index contributed by atoms with van der Waals surface area (Å²) in [6.07, 6.45) is 0.723. The van der Waals surface area contributed by atoms with Crippen LogP contribution in [0.5, 0.6) is 0 Å². The van der Waals surface area contributed by atoms with Gasteiger partial charge in [0.05, 0.1) is 18.8 Å². The Morgan fingerprint density at radius 2 is 2.20 bits per heavy atom. The minimum Gasteiger partial charge on any atom is -0.479 e. The average Bonchev–Trinajstić information content (AvgIpc) is 2.21. The summed E-state index contributed by atoms with van der Waals surface area (Å²) in [4.78, 5) is 11.6. The van der Waals surface area contributed by atoms with Gasteiger partial charge in [0.15, 0.2) is 5.88 Å². The van der Waals surface area contributed by atoms with E-state index in [1.165, 1.54) is 0 Å². The summed E-state index contributed by atoms with van der Waals surface area (Å²) in [5.74, 6) is 0.766. The Morgan fingerprint density at radius 3 is 2.80 bits per heavy atom. The molecule has 0 aliphatic carbocycles. The molecule has 1 rings (SSSR count). The standard InChI is InChI=1S/C11H19NO3/c1-4-14-10-9(11(13)15-5-2)6-8(3)7-12-10/h8,12H,4-7H2,1-3H3. The first kappa shape index (κ1) is 11.9. The van der Waals surface area contributed by atoms with Crippen molar-refractivity contribution in [2.45, 2.75) is 27.2 Å². The molecule has 1 atom stereocenters. The lowest BCUT2D eigenvalue weighted by Gasteiger charge is -2.24. The third kappa shape index (κ3) is 3.15. The van der Waals surface area contributed by atoms with Crippen molar-refractivity contribution >= 4 is 5.97 Å². The Bertz CT molecular complexity index is 261. The van der Waals surface area contributed by atoms with E-state index < -0.39 is 0 Å². The van der Waals surface area contributed by atoms with Gasteiger partial charge in [0, 0.05) is 6.54 Å². The van der Waals surface area contributed by atoms with E-state index in [9.17, 15) is 4.79 Å². The van der Waals surface area contributed by atoms with Gasteiger partial charge in [-0.2, -0.15) is 0 Å². The maximum Gasteiger partial charge on any atom is 0.339 e. The zero-order valence-electron chi connectivity index (χ0n) is 9.63. The molecular weight excluding hydrogens is 194 g/mol. The second-order valence-corrected chi connectivity index (χ2v) is 3.65. The fraction of sp³-hybridized carbons (Fsp3) is 0.727. The first-order chi connectivity index (χ1) is 7.19. The second kappa shape index (κ2) is 5.63. The molecule has 4 heteroatoms. The fourth-order valence-corrected chi connectivity index (χ4v) is 1.56. The molecule has 1 aliphatic rings. The molecular formula is C11H19NO3. The van der Waals surface area contributed by atoms with Crippen LogP contribution in [0.25, 0.3) is 0 Å². The Balaban J connectivity index is 2.78. The maximum atomic E-state index is 11.6. The van der Waals surface area contributed by atoms with Crippen LogP contribution in [0.3, 0.4) is 0 Å². The third-order valence-electron chi connectivity index (χ3n) is 2.25. The predicted octanol–water partition coefficient (Wildman–Crippen LogP) is 1.43. The zero-order chi connectivity index (χ0) is 11.3. The van der Waals surface area contributed by atoms with E-state index in [1.54, 1.807) is 6.92 Å². The molecule has 15 heavy (non-hydrogen) atoms. The number of hydrogen-bond acceptors (Lipinski definition) is 4. The summed E-state index contributed by atoms with van der Waals surface area (Å²) in [6.45, 7) is 7.59. The molecule has 86 valence electrons. The number of esters is 1.